The van der Waals surface area contributed by atoms with Crippen molar-refractivity contribution >= 4 is 0 Å². The van der Waals surface area contributed by atoms with Crippen molar-refractivity contribution in [2.75, 3.05) is 0 Å². The predicted molar refractivity (Wildman–Crippen MR) is 156 cm³/mol. The highest BCUT2D eigenvalue weighted by atomic mass is 15.1. The molecule has 0 aromatic carbocycles. The van der Waals surface area contributed by atoms with Gasteiger partial charge in [-0.25, -0.2) is 9.13 Å². The van der Waals surface area contributed by atoms with E-state index in [2.05, 4.69) is 42.3 Å². The van der Waals surface area contributed by atoms with Crippen LogP contribution in [0.15, 0.2) is 12.4 Å². The van der Waals surface area contributed by atoms with Crippen LogP contribution in [0.1, 0.15) is 181 Å². The molecule has 0 bridgehead atoms. The highest BCUT2D eigenvalue weighted by Gasteiger charge is 2.16. The van der Waals surface area contributed by atoms with Crippen LogP contribution in [0.3, 0.4) is 0 Å². The van der Waals surface area contributed by atoms with Crippen molar-refractivity contribution in [1.82, 2.24) is 4.57 Å². The first kappa shape index (κ1) is 32.2. The van der Waals surface area contributed by atoms with E-state index in [9.17, 15) is 0 Å². The van der Waals surface area contributed by atoms with E-state index in [-0.39, 0.29) is 0 Å². The van der Waals surface area contributed by atoms with Gasteiger partial charge in [0, 0.05) is 6.42 Å². The molecule has 1 rings (SSSR count). The molecule has 0 atom stereocenters. The zero-order valence-electron chi connectivity index (χ0n) is 24.6. The fraction of sp³-hybridized carbons (Fsp3) is 0.909. The quantitative estimate of drug-likeness (QED) is 0.0858. The van der Waals surface area contributed by atoms with Crippen molar-refractivity contribution in [3.63, 3.8) is 0 Å². The van der Waals surface area contributed by atoms with E-state index in [1.54, 1.807) is 5.82 Å². The fourth-order valence-corrected chi connectivity index (χ4v) is 5.44. The van der Waals surface area contributed by atoms with E-state index < -0.39 is 0 Å². The van der Waals surface area contributed by atoms with Gasteiger partial charge in [-0.1, -0.05) is 143 Å². The summed E-state index contributed by atoms with van der Waals surface area (Å²) < 4.78 is 5.23. The molecule has 0 aliphatic rings. The van der Waals surface area contributed by atoms with E-state index in [4.69, 9.17) is 0 Å². The van der Waals surface area contributed by atoms with Gasteiger partial charge in [0.2, 0.25) is 0 Å². The van der Waals surface area contributed by atoms with Gasteiger partial charge in [0.15, 0.2) is 0 Å². The minimum absolute atomic E-state index is 1.23. The second-order valence-electron chi connectivity index (χ2n) is 11.3. The molecule has 0 saturated carbocycles. The lowest BCUT2D eigenvalue weighted by molar-refractivity contribution is -0.704. The standard InChI is InChI=1S/C33H65N2/c1-4-7-10-13-16-18-21-24-27-30-35-32-31-34(29-26-23-20-17-14-11-8-5-2)33(35)28-25-22-19-15-12-9-6-3/h31-32H,4-30H2,1-3H3/q+1. The van der Waals surface area contributed by atoms with E-state index in [1.165, 1.54) is 174 Å². The normalized spacial score (nSPS) is 11.5. The van der Waals surface area contributed by atoms with E-state index in [0.29, 0.717) is 0 Å². The lowest BCUT2D eigenvalue weighted by atomic mass is 10.1. The number of nitrogens with zero attached hydrogens (tertiary/aromatic N) is 2. The summed E-state index contributed by atoms with van der Waals surface area (Å²) in [5, 5.41) is 0. The van der Waals surface area contributed by atoms with Crippen LogP contribution in [0, 0.1) is 0 Å². The van der Waals surface area contributed by atoms with Crippen molar-refractivity contribution in [2.45, 2.75) is 194 Å². The summed E-state index contributed by atoms with van der Waals surface area (Å²) in [5.74, 6) is 1.61. The summed E-state index contributed by atoms with van der Waals surface area (Å²) in [6.45, 7) is 9.38. The molecule has 1 aromatic heterocycles. The molecule has 206 valence electrons. The molecule has 0 spiro atoms. The van der Waals surface area contributed by atoms with Crippen LogP contribution in [0.4, 0.5) is 0 Å². The molecule has 0 aliphatic heterocycles. The molecular formula is C33H65N2+. The Labute approximate surface area is 221 Å². The zero-order valence-corrected chi connectivity index (χ0v) is 24.6. The van der Waals surface area contributed by atoms with Crippen molar-refractivity contribution in [3.05, 3.63) is 18.2 Å². The second-order valence-corrected chi connectivity index (χ2v) is 11.3. The molecule has 35 heavy (non-hydrogen) atoms. The molecule has 2 nitrogen and oxygen atoms in total. The Morgan fingerprint density at radius 3 is 1.37 bits per heavy atom. The Morgan fingerprint density at radius 1 is 0.486 bits per heavy atom. The molecule has 0 unspecified atom stereocenters. The summed E-state index contributed by atoms with van der Waals surface area (Å²) in [4.78, 5) is 0. The third kappa shape index (κ3) is 18.2. The van der Waals surface area contributed by atoms with E-state index in [1.807, 2.05) is 0 Å². The zero-order chi connectivity index (χ0) is 25.2. The predicted octanol–water partition coefficient (Wildman–Crippen LogP) is 10.7. The van der Waals surface area contributed by atoms with Gasteiger partial charge in [-0.15, -0.1) is 0 Å². The first-order valence-corrected chi connectivity index (χ1v) is 16.4. The maximum absolute atomic E-state index is 2.61. The van der Waals surface area contributed by atoms with Crippen LogP contribution >= 0.6 is 0 Å². The number of hydrogen-bond donors (Lipinski definition) is 0. The van der Waals surface area contributed by atoms with Crippen molar-refractivity contribution < 1.29 is 4.57 Å². The van der Waals surface area contributed by atoms with Gasteiger partial charge in [-0.2, -0.15) is 0 Å². The van der Waals surface area contributed by atoms with Gasteiger partial charge in [0.05, 0.1) is 13.1 Å². The molecule has 0 fully saturated rings. The van der Waals surface area contributed by atoms with Gasteiger partial charge in [-0.05, 0) is 32.1 Å². The number of rotatable bonds is 27. The van der Waals surface area contributed by atoms with Crippen LogP contribution in [0.5, 0.6) is 0 Å². The minimum Gasteiger partial charge on any atom is -0.234 e. The first-order valence-electron chi connectivity index (χ1n) is 16.4. The average molecular weight is 490 g/mol. The maximum Gasteiger partial charge on any atom is 0.256 e. The summed E-state index contributed by atoms with van der Waals surface area (Å²) in [6, 6.07) is 0. The van der Waals surface area contributed by atoms with E-state index in [0.717, 1.165) is 0 Å². The monoisotopic (exact) mass is 490 g/mol. The summed E-state index contributed by atoms with van der Waals surface area (Å²) in [5.41, 5.74) is 0. The highest BCUT2D eigenvalue weighted by Crippen LogP contribution is 2.13. The summed E-state index contributed by atoms with van der Waals surface area (Å²) in [7, 11) is 0. The lowest BCUT2D eigenvalue weighted by Gasteiger charge is -2.07. The molecule has 0 amide bonds. The molecule has 0 radical (unpaired) electrons. The SMILES string of the molecule is CCCCCCCCCCC[n+]1ccn(CCCCCCCCCC)c1CCCCCCCCC. The largest absolute Gasteiger partial charge is 0.256 e. The summed E-state index contributed by atoms with van der Waals surface area (Å²) in [6.07, 6.45) is 39.9. The van der Waals surface area contributed by atoms with Gasteiger partial charge in [-0.3, -0.25) is 0 Å². The number of aryl methyl sites for hydroxylation is 2. The van der Waals surface area contributed by atoms with Crippen LogP contribution in [-0.4, -0.2) is 4.57 Å². The number of aromatic nitrogens is 2. The molecule has 1 heterocycles. The van der Waals surface area contributed by atoms with Crippen LogP contribution < -0.4 is 4.57 Å². The van der Waals surface area contributed by atoms with Crippen LogP contribution in [0.25, 0.3) is 0 Å². The summed E-state index contributed by atoms with van der Waals surface area (Å²) >= 11 is 0. The molecule has 0 N–H and O–H groups in total. The highest BCUT2D eigenvalue weighted by molar-refractivity contribution is 4.84. The van der Waals surface area contributed by atoms with Crippen LogP contribution in [0.2, 0.25) is 0 Å². The molecule has 2 heteroatoms. The Balaban J connectivity index is 2.36. The Morgan fingerprint density at radius 2 is 0.886 bits per heavy atom. The molecule has 1 aromatic rings. The second kappa shape index (κ2) is 24.9. The smallest absolute Gasteiger partial charge is 0.234 e. The topological polar surface area (TPSA) is 8.81 Å². The Bertz CT molecular complexity index is 547. The first-order chi connectivity index (χ1) is 17.3. The molecular weight excluding hydrogens is 424 g/mol. The van der Waals surface area contributed by atoms with Crippen molar-refractivity contribution in [1.29, 1.82) is 0 Å². The fourth-order valence-electron chi connectivity index (χ4n) is 5.44. The minimum atomic E-state index is 1.23. The molecule has 0 aliphatic carbocycles. The van der Waals surface area contributed by atoms with Crippen molar-refractivity contribution in [2.24, 2.45) is 0 Å². The Kier molecular flexibility index (Phi) is 22.9. The van der Waals surface area contributed by atoms with Gasteiger partial charge in [0.25, 0.3) is 5.82 Å². The third-order valence-corrected chi connectivity index (χ3v) is 7.85. The van der Waals surface area contributed by atoms with Gasteiger partial charge < -0.3 is 0 Å². The maximum atomic E-state index is 2.61. The average Bonchev–Trinajstić information content (AvgIpc) is 3.25. The molecule has 0 saturated heterocycles. The number of unbranched alkanes of at least 4 members (excludes halogenated alkanes) is 21. The van der Waals surface area contributed by atoms with E-state index >= 15 is 0 Å². The number of imidazole rings is 1. The van der Waals surface area contributed by atoms with Crippen LogP contribution in [-0.2, 0) is 19.5 Å². The number of hydrogen-bond acceptors (Lipinski definition) is 0. The lowest BCUT2D eigenvalue weighted by Crippen LogP contribution is -2.37. The van der Waals surface area contributed by atoms with Crippen molar-refractivity contribution in [3.8, 4) is 0 Å². The van der Waals surface area contributed by atoms with Gasteiger partial charge in [0.1, 0.15) is 12.4 Å². The Hall–Kier alpha value is -0.790. The third-order valence-electron chi connectivity index (χ3n) is 7.85. The van der Waals surface area contributed by atoms with Gasteiger partial charge >= 0.3 is 0 Å².